The van der Waals surface area contributed by atoms with Crippen LogP contribution in [0, 0.1) is 11.8 Å². The summed E-state index contributed by atoms with van der Waals surface area (Å²) >= 11 is 0. The summed E-state index contributed by atoms with van der Waals surface area (Å²) in [6, 6.07) is 3.00. The standard InChI is InChI=1S/C25H32N2O5.C2HF3O2/c1-13(2)20(26)23(29)31-17-6-5-15-11-18-25(30)8-7-16(28)22-24(25,19(15)21(17)32-22)9-10-27(18)12-14-3-4-14;3-2(4,5)1(6)7/h5-6,13-14,18,20,22,30H,3-4,7-12,26H2,1-2H3;(H,6,7)/t18-,20+,22+,24+,25-;/m1./s1. The van der Waals surface area contributed by atoms with Crippen molar-refractivity contribution in [3.05, 3.63) is 23.3 Å². The van der Waals surface area contributed by atoms with Crippen molar-refractivity contribution in [1.29, 1.82) is 0 Å². The van der Waals surface area contributed by atoms with Crippen LogP contribution in [0.1, 0.15) is 57.1 Å². The number of nitrogens with two attached hydrogens (primary N) is 1. The lowest BCUT2D eigenvalue weighted by molar-refractivity contribution is -0.192. The molecule has 1 spiro atoms. The van der Waals surface area contributed by atoms with Gasteiger partial charge in [-0.3, -0.25) is 9.69 Å². The molecule has 0 aromatic heterocycles. The van der Waals surface area contributed by atoms with E-state index in [2.05, 4.69) is 4.90 Å². The van der Waals surface area contributed by atoms with E-state index in [1.165, 1.54) is 12.8 Å². The Kier molecular flexibility index (Phi) is 6.75. The molecule has 12 heteroatoms. The number of carboxylic acids is 1. The Morgan fingerprint density at radius 2 is 1.92 bits per heavy atom. The van der Waals surface area contributed by atoms with Crippen LogP contribution in [0.3, 0.4) is 0 Å². The third-order valence-electron chi connectivity index (χ3n) is 8.99. The van der Waals surface area contributed by atoms with E-state index in [1.807, 2.05) is 19.9 Å². The number of Topliss-reactive ketones (excluding diaryl/α,β-unsaturated/α-hetero) is 1. The number of ether oxygens (including phenoxy) is 2. The predicted octanol–water partition coefficient (Wildman–Crippen LogP) is 2.34. The lowest BCUT2D eigenvalue weighted by atomic mass is 9.49. The summed E-state index contributed by atoms with van der Waals surface area (Å²) < 4.78 is 43.7. The van der Waals surface area contributed by atoms with E-state index in [0.717, 1.165) is 36.6 Å². The molecule has 3 aliphatic carbocycles. The van der Waals surface area contributed by atoms with Gasteiger partial charge in [-0.15, -0.1) is 0 Å². The number of likely N-dealkylation sites (tertiary alicyclic amines) is 1. The number of carboxylic acid groups (broad SMARTS) is 1. The fraction of sp³-hybridized carbons (Fsp3) is 0.667. The topological polar surface area (TPSA) is 139 Å². The van der Waals surface area contributed by atoms with Gasteiger partial charge in [-0.2, -0.15) is 13.2 Å². The number of alkyl halides is 3. The van der Waals surface area contributed by atoms with Crippen molar-refractivity contribution < 1.29 is 47.2 Å². The van der Waals surface area contributed by atoms with Gasteiger partial charge in [0.25, 0.3) is 0 Å². The average molecular weight is 555 g/mol. The number of rotatable bonds is 5. The van der Waals surface area contributed by atoms with Crippen molar-refractivity contribution >= 4 is 17.7 Å². The Hall–Kier alpha value is -2.70. The fourth-order valence-corrected chi connectivity index (χ4v) is 6.78. The number of carbonyl (C=O) groups is 3. The molecule has 5 aliphatic rings. The first-order valence-electron chi connectivity index (χ1n) is 13.3. The molecule has 0 amide bonds. The number of halogens is 3. The number of nitrogens with zero attached hydrogens (tertiary/aromatic N) is 1. The molecule has 1 saturated heterocycles. The summed E-state index contributed by atoms with van der Waals surface area (Å²) in [4.78, 5) is 37.0. The Balaban J connectivity index is 0.000000392. The van der Waals surface area contributed by atoms with Gasteiger partial charge in [-0.1, -0.05) is 19.9 Å². The van der Waals surface area contributed by atoms with Gasteiger partial charge in [0.15, 0.2) is 23.4 Å². The second kappa shape index (κ2) is 9.45. The summed E-state index contributed by atoms with van der Waals surface area (Å²) in [6.45, 7) is 5.61. The molecule has 9 nitrogen and oxygen atoms in total. The lowest BCUT2D eigenvalue weighted by Crippen LogP contribution is -2.76. The predicted molar refractivity (Wildman–Crippen MR) is 130 cm³/mol. The van der Waals surface area contributed by atoms with Gasteiger partial charge >= 0.3 is 18.1 Å². The van der Waals surface area contributed by atoms with Crippen LogP contribution in [0.2, 0.25) is 0 Å². The zero-order chi connectivity index (χ0) is 28.5. The maximum atomic E-state index is 13.1. The highest BCUT2D eigenvalue weighted by Gasteiger charge is 2.73. The van der Waals surface area contributed by atoms with E-state index in [9.17, 15) is 27.9 Å². The summed E-state index contributed by atoms with van der Waals surface area (Å²) in [5, 5.41) is 19.4. The largest absolute Gasteiger partial charge is 0.490 e. The molecule has 6 rings (SSSR count). The Labute approximate surface area is 223 Å². The van der Waals surface area contributed by atoms with E-state index >= 15 is 0 Å². The van der Waals surface area contributed by atoms with Crippen LogP contribution in [0.25, 0.3) is 0 Å². The van der Waals surface area contributed by atoms with E-state index in [0.29, 0.717) is 30.8 Å². The second-order valence-electron chi connectivity index (χ2n) is 11.7. The Bertz CT molecular complexity index is 1200. The molecule has 39 heavy (non-hydrogen) atoms. The summed E-state index contributed by atoms with van der Waals surface area (Å²) in [7, 11) is 0. The molecule has 2 bridgehead atoms. The summed E-state index contributed by atoms with van der Waals surface area (Å²) in [6.07, 6.45) is -1.11. The third kappa shape index (κ3) is 4.40. The van der Waals surface area contributed by atoms with Crippen LogP contribution in [0.15, 0.2) is 12.1 Å². The van der Waals surface area contributed by atoms with Crippen LogP contribution in [-0.2, 0) is 26.2 Å². The molecule has 2 aliphatic heterocycles. The first-order chi connectivity index (χ1) is 18.2. The number of piperidine rings is 1. The molecule has 1 aromatic carbocycles. The Morgan fingerprint density at radius 1 is 1.26 bits per heavy atom. The first kappa shape index (κ1) is 27.9. The normalized spacial score (nSPS) is 31.5. The number of ketones is 1. The molecular weight excluding hydrogens is 521 g/mol. The van der Waals surface area contributed by atoms with Crippen molar-refractivity contribution in [3.63, 3.8) is 0 Å². The minimum absolute atomic E-state index is 0.0164. The van der Waals surface area contributed by atoms with Gasteiger partial charge in [0.05, 0.1) is 11.0 Å². The summed E-state index contributed by atoms with van der Waals surface area (Å²) in [5.41, 5.74) is 6.21. The number of hydrogen-bond acceptors (Lipinski definition) is 8. The van der Waals surface area contributed by atoms with E-state index < -0.39 is 41.3 Å². The zero-order valence-electron chi connectivity index (χ0n) is 21.8. The number of aliphatic carboxylic acids is 1. The highest BCUT2D eigenvalue weighted by Crippen LogP contribution is 2.65. The number of benzene rings is 1. The molecule has 4 N–H and O–H groups in total. The van der Waals surface area contributed by atoms with E-state index in [-0.39, 0.29) is 17.7 Å². The van der Waals surface area contributed by atoms with Crippen LogP contribution < -0.4 is 15.2 Å². The van der Waals surface area contributed by atoms with Gasteiger partial charge in [0.1, 0.15) is 6.04 Å². The molecule has 0 radical (unpaired) electrons. The number of aliphatic hydroxyl groups is 1. The fourth-order valence-electron chi connectivity index (χ4n) is 6.78. The van der Waals surface area contributed by atoms with Crippen LogP contribution in [0.4, 0.5) is 13.2 Å². The third-order valence-corrected chi connectivity index (χ3v) is 8.99. The highest BCUT2D eigenvalue weighted by molar-refractivity contribution is 5.90. The molecule has 1 aromatic rings. The SMILES string of the molecule is CC(C)[C@H](N)C(=O)Oc1ccc2c3c1O[C@H]1C(=O)CC[C@@]4(O)[C@@H](C2)N(CC2CC2)CC[C@]314.O=C(O)C(F)(F)F. The smallest absolute Gasteiger partial charge is 0.477 e. The maximum Gasteiger partial charge on any atom is 0.490 e. The van der Waals surface area contributed by atoms with Gasteiger partial charge < -0.3 is 25.4 Å². The second-order valence-corrected chi connectivity index (χ2v) is 11.7. The van der Waals surface area contributed by atoms with Crippen molar-refractivity contribution in [2.24, 2.45) is 17.6 Å². The monoisotopic (exact) mass is 554 g/mol. The molecular formula is C27H33F3N2O7. The van der Waals surface area contributed by atoms with Gasteiger partial charge in [-0.25, -0.2) is 9.59 Å². The van der Waals surface area contributed by atoms with E-state index in [1.54, 1.807) is 6.07 Å². The minimum atomic E-state index is -5.08. The number of esters is 1. The van der Waals surface area contributed by atoms with E-state index in [4.69, 9.17) is 25.1 Å². The van der Waals surface area contributed by atoms with Gasteiger partial charge in [-0.05, 0) is 62.1 Å². The zero-order valence-corrected chi connectivity index (χ0v) is 21.8. The van der Waals surface area contributed by atoms with Gasteiger partial charge in [0, 0.05) is 24.6 Å². The molecule has 214 valence electrons. The maximum absolute atomic E-state index is 13.1. The Morgan fingerprint density at radius 3 is 2.51 bits per heavy atom. The van der Waals surface area contributed by atoms with Crippen LogP contribution >= 0.6 is 0 Å². The quantitative estimate of drug-likeness (QED) is 0.370. The molecule has 0 unspecified atom stereocenters. The highest BCUT2D eigenvalue weighted by atomic mass is 19.4. The average Bonchev–Trinajstić information content (AvgIpc) is 3.60. The minimum Gasteiger partial charge on any atom is -0.477 e. The van der Waals surface area contributed by atoms with Gasteiger partial charge in [0.2, 0.25) is 0 Å². The first-order valence-corrected chi connectivity index (χ1v) is 13.3. The molecule has 3 fully saturated rings. The lowest BCUT2D eigenvalue weighted by Gasteiger charge is -2.62. The van der Waals surface area contributed by atoms with Crippen molar-refractivity contribution in [2.45, 2.75) is 87.8 Å². The molecule has 5 atom stereocenters. The van der Waals surface area contributed by atoms with Crippen molar-refractivity contribution in [3.8, 4) is 11.5 Å². The summed E-state index contributed by atoms with van der Waals surface area (Å²) in [5.74, 6) is -1.79. The molecule has 2 heterocycles. The molecule has 2 saturated carbocycles. The number of carbonyl (C=O) groups excluding carboxylic acids is 2. The van der Waals surface area contributed by atoms with Crippen molar-refractivity contribution in [2.75, 3.05) is 13.1 Å². The van der Waals surface area contributed by atoms with Crippen LogP contribution in [0.5, 0.6) is 11.5 Å². The number of hydrogen-bond donors (Lipinski definition) is 3. The van der Waals surface area contributed by atoms with Crippen LogP contribution in [-0.4, -0.2) is 75.9 Å². The van der Waals surface area contributed by atoms with Crippen molar-refractivity contribution in [1.82, 2.24) is 4.90 Å².